The van der Waals surface area contributed by atoms with E-state index in [4.69, 9.17) is 9.47 Å². The van der Waals surface area contributed by atoms with Gasteiger partial charge in [0, 0.05) is 30.4 Å². The van der Waals surface area contributed by atoms with Crippen molar-refractivity contribution in [1.29, 1.82) is 0 Å². The number of nitrogens with zero attached hydrogens (tertiary/aromatic N) is 4. The Morgan fingerprint density at radius 2 is 1.97 bits per heavy atom. The van der Waals surface area contributed by atoms with Crippen LogP contribution in [0.25, 0.3) is 0 Å². The third kappa shape index (κ3) is 4.35. The van der Waals surface area contributed by atoms with Gasteiger partial charge in [0.2, 0.25) is 11.8 Å². The van der Waals surface area contributed by atoms with E-state index in [2.05, 4.69) is 15.4 Å². The number of benzene rings is 2. The predicted octanol–water partition coefficient (Wildman–Crippen LogP) is 2.34. The molecule has 1 fully saturated rings. The van der Waals surface area contributed by atoms with Crippen LogP contribution in [-0.4, -0.2) is 47.3 Å². The van der Waals surface area contributed by atoms with Crippen molar-refractivity contribution in [3.63, 3.8) is 0 Å². The molecular weight excluding hydrogens is 398 g/mol. The Kier molecular flexibility index (Phi) is 5.83. The lowest BCUT2D eigenvalue weighted by atomic mass is 10.1. The number of methoxy groups -OCH3 is 2. The molecule has 9 nitrogen and oxygen atoms in total. The summed E-state index contributed by atoms with van der Waals surface area (Å²) in [7, 11) is 3.10. The van der Waals surface area contributed by atoms with Gasteiger partial charge in [-0.05, 0) is 23.8 Å². The summed E-state index contributed by atoms with van der Waals surface area (Å²) < 4.78 is 12.3. The zero-order valence-corrected chi connectivity index (χ0v) is 17.3. The van der Waals surface area contributed by atoms with Gasteiger partial charge in [-0.25, -0.2) is 9.67 Å². The van der Waals surface area contributed by atoms with Gasteiger partial charge in [0.25, 0.3) is 0 Å². The molecule has 1 N–H and O–H groups in total. The summed E-state index contributed by atoms with van der Waals surface area (Å²) in [6.07, 6.45) is 3.23. The molecule has 2 aromatic carbocycles. The quantitative estimate of drug-likeness (QED) is 0.629. The first-order chi connectivity index (χ1) is 15.1. The van der Waals surface area contributed by atoms with Crippen molar-refractivity contribution in [3.8, 4) is 11.5 Å². The molecule has 3 aromatic rings. The van der Waals surface area contributed by atoms with Gasteiger partial charge < -0.3 is 19.7 Å². The van der Waals surface area contributed by atoms with Crippen molar-refractivity contribution < 1.29 is 19.1 Å². The molecule has 4 rings (SSSR count). The fourth-order valence-corrected chi connectivity index (χ4v) is 3.63. The highest BCUT2D eigenvalue weighted by Gasteiger charge is 2.35. The van der Waals surface area contributed by atoms with Crippen LogP contribution in [0.5, 0.6) is 11.5 Å². The number of carbonyl (C=O) groups excluding carboxylic acids is 2. The molecule has 9 heteroatoms. The summed E-state index contributed by atoms with van der Waals surface area (Å²) in [5.74, 6) is 0.351. The van der Waals surface area contributed by atoms with Crippen molar-refractivity contribution in [2.45, 2.75) is 13.0 Å². The molecule has 0 bridgehead atoms. The first-order valence-corrected chi connectivity index (χ1v) is 9.82. The SMILES string of the molecule is COc1ccc(N2CC(C(=O)Nc3ccccc3Cn3cncn3)CC2=O)cc1OC. The normalized spacial score (nSPS) is 15.7. The topological polar surface area (TPSA) is 98.6 Å². The van der Waals surface area contributed by atoms with Gasteiger partial charge in [0.05, 0.1) is 26.7 Å². The van der Waals surface area contributed by atoms with Crippen molar-refractivity contribution >= 4 is 23.2 Å². The predicted molar refractivity (Wildman–Crippen MR) is 114 cm³/mol. The van der Waals surface area contributed by atoms with Crippen LogP contribution in [0.1, 0.15) is 12.0 Å². The second-order valence-corrected chi connectivity index (χ2v) is 7.18. The Balaban J connectivity index is 1.47. The summed E-state index contributed by atoms with van der Waals surface area (Å²) in [4.78, 5) is 31.1. The van der Waals surface area contributed by atoms with Gasteiger partial charge in [-0.3, -0.25) is 9.59 Å². The van der Waals surface area contributed by atoms with Crippen molar-refractivity contribution in [2.24, 2.45) is 5.92 Å². The molecule has 0 spiro atoms. The molecule has 1 aliphatic rings. The molecule has 2 amide bonds. The largest absolute Gasteiger partial charge is 0.493 e. The third-order valence-corrected chi connectivity index (χ3v) is 5.25. The van der Waals surface area contributed by atoms with Crippen LogP contribution in [0.4, 0.5) is 11.4 Å². The van der Waals surface area contributed by atoms with E-state index in [9.17, 15) is 9.59 Å². The fraction of sp³-hybridized carbons (Fsp3) is 0.273. The lowest BCUT2D eigenvalue weighted by molar-refractivity contribution is -0.122. The second kappa shape index (κ2) is 8.86. The molecule has 1 aliphatic heterocycles. The molecule has 1 aromatic heterocycles. The van der Waals surface area contributed by atoms with Crippen molar-refractivity contribution in [1.82, 2.24) is 14.8 Å². The minimum absolute atomic E-state index is 0.108. The van der Waals surface area contributed by atoms with Gasteiger partial charge in [-0.2, -0.15) is 5.10 Å². The number of amides is 2. The second-order valence-electron chi connectivity index (χ2n) is 7.18. The highest BCUT2D eigenvalue weighted by Crippen LogP contribution is 2.34. The molecule has 1 saturated heterocycles. The Morgan fingerprint density at radius 1 is 1.16 bits per heavy atom. The number of rotatable bonds is 7. The maximum atomic E-state index is 12.9. The van der Waals surface area contributed by atoms with Crippen molar-refractivity contribution in [3.05, 3.63) is 60.7 Å². The average molecular weight is 421 g/mol. The zero-order valence-electron chi connectivity index (χ0n) is 17.3. The summed E-state index contributed by atoms with van der Waals surface area (Å²) in [5, 5.41) is 7.09. The molecule has 31 heavy (non-hydrogen) atoms. The van der Waals surface area contributed by atoms with Gasteiger partial charge in [-0.1, -0.05) is 18.2 Å². The molecule has 1 unspecified atom stereocenters. The smallest absolute Gasteiger partial charge is 0.229 e. The molecule has 0 aliphatic carbocycles. The van der Waals surface area contributed by atoms with Crippen LogP contribution in [-0.2, 0) is 16.1 Å². The molecule has 1 atom stereocenters. The molecule has 0 saturated carbocycles. The van der Waals surface area contributed by atoms with E-state index < -0.39 is 5.92 Å². The fourth-order valence-electron chi connectivity index (χ4n) is 3.63. The van der Waals surface area contributed by atoms with Gasteiger partial charge in [-0.15, -0.1) is 0 Å². The lowest BCUT2D eigenvalue weighted by Crippen LogP contribution is -2.28. The summed E-state index contributed by atoms with van der Waals surface area (Å²) in [5.41, 5.74) is 2.27. The van der Waals surface area contributed by atoms with E-state index >= 15 is 0 Å². The van der Waals surface area contributed by atoms with Crippen LogP contribution < -0.4 is 19.7 Å². The van der Waals surface area contributed by atoms with E-state index in [1.54, 1.807) is 48.3 Å². The summed E-state index contributed by atoms with van der Waals surface area (Å²) >= 11 is 0. The monoisotopic (exact) mass is 421 g/mol. The number of aromatic nitrogens is 3. The number of nitrogens with one attached hydrogen (secondary N) is 1. The van der Waals surface area contributed by atoms with E-state index in [1.807, 2.05) is 24.3 Å². The minimum atomic E-state index is -0.458. The summed E-state index contributed by atoms with van der Waals surface area (Å²) in [6, 6.07) is 12.8. The zero-order chi connectivity index (χ0) is 21.8. The van der Waals surface area contributed by atoms with Crippen LogP contribution in [0, 0.1) is 5.92 Å². The number of hydrogen-bond donors (Lipinski definition) is 1. The summed E-state index contributed by atoms with van der Waals surface area (Å²) in [6.45, 7) is 0.781. The Labute approximate surface area is 179 Å². The molecular formula is C22H23N5O4. The average Bonchev–Trinajstić information content (AvgIpc) is 3.44. The molecule has 160 valence electrons. The standard InChI is InChI=1S/C22H23N5O4/c1-30-19-8-7-17(10-20(19)31-2)27-12-16(9-21(27)28)22(29)25-18-6-4-3-5-15(18)11-26-14-23-13-24-26/h3-8,10,13-14,16H,9,11-12H2,1-2H3,(H,25,29). The van der Waals surface area contributed by atoms with E-state index in [0.717, 1.165) is 5.56 Å². The van der Waals surface area contributed by atoms with Crippen LogP contribution in [0.3, 0.4) is 0 Å². The van der Waals surface area contributed by atoms with Gasteiger partial charge >= 0.3 is 0 Å². The van der Waals surface area contributed by atoms with Crippen molar-refractivity contribution in [2.75, 3.05) is 31.0 Å². The van der Waals surface area contributed by atoms with Gasteiger partial charge in [0.1, 0.15) is 12.7 Å². The van der Waals surface area contributed by atoms with E-state index in [0.29, 0.717) is 36.0 Å². The number of para-hydroxylation sites is 1. The number of carbonyl (C=O) groups is 2. The number of ether oxygens (including phenoxy) is 2. The highest BCUT2D eigenvalue weighted by molar-refractivity contribution is 6.03. The molecule has 0 radical (unpaired) electrons. The van der Waals surface area contributed by atoms with Crippen LogP contribution in [0.2, 0.25) is 0 Å². The Hall–Kier alpha value is -3.88. The highest BCUT2D eigenvalue weighted by atomic mass is 16.5. The van der Waals surface area contributed by atoms with Crippen LogP contribution in [0.15, 0.2) is 55.1 Å². The minimum Gasteiger partial charge on any atom is -0.493 e. The lowest BCUT2D eigenvalue weighted by Gasteiger charge is -2.19. The van der Waals surface area contributed by atoms with Crippen LogP contribution >= 0.6 is 0 Å². The van der Waals surface area contributed by atoms with E-state index in [1.165, 1.54) is 6.33 Å². The maximum absolute atomic E-state index is 12.9. The first-order valence-electron chi connectivity index (χ1n) is 9.82. The number of anilines is 2. The van der Waals surface area contributed by atoms with Gasteiger partial charge in [0.15, 0.2) is 11.5 Å². The third-order valence-electron chi connectivity index (χ3n) is 5.25. The Bertz CT molecular complexity index is 1080. The Morgan fingerprint density at radius 3 is 2.71 bits per heavy atom. The maximum Gasteiger partial charge on any atom is 0.229 e. The molecule has 2 heterocycles. The first kappa shape index (κ1) is 20.4. The number of hydrogen-bond acceptors (Lipinski definition) is 6. The van der Waals surface area contributed by atoms with E-state index in [-0.39, 0.29) is 18.2 Å².